The maximum Gasteiger partial charge on any atom is 0.213 e. The summed E-state index contributed by atoms with van der Waals surface area (Å²) in [5.74, 6) is 1.68. The summed E-state index contributed by atoms with van der Waals surface area (Å²) in [7, 11) is 0. The predicted octanol–water partition coefficient (Wildman–Crippen LogP) is 8.87. The third kappa shape index (κ3) is 7.69. The van der Waals surface area contributed by atoms with Crippen LogP contribution in [-0.4, -0.2) is 18.2 Å². The van der Waals surface area contributed by atoms with E-state index in [-0.39, 0.29) is 0 Å². The van der Waals surface area contributed by atoms with Crippen LogP contribution in [0.2, 0.25) is 0 Å². The Morgan fingerprint density at radius 1 is 0.594 bits per heavy atom. The molecule has 3 aromatic rings. The summed E-state index contributed by atoms with van der Waals surface area (Å²) >= 11 is 0. The molecule has 1 heterocycles. The van der Waals surface area contributed by atoms with Crippen LogP contribution >= 0.6 is 0 Å². The van der Waals surface area contributed by atoms with E-state index < -0.39 is 0 Å². The SMILES string of the molecule is CCCCCCCCCOc1ccc2c(ccc3cc(OCCCCCCC)ccc32)n1. The van der Waals surface area contributed by atoms with Gasteiger partial charge in [0.15, 0.2) is 0 Å². The fraction of sp³-hybridized carbons (Fsp3) is 0.552. The predicted molar refractivity (Wildman–Crippen MR) is 137 cm³/mol. The molecule has 0 bridgehead atoms. The molecule has 0 radical (unpaired) electrons. The number of benzene rings is 2. The number of fused-ring (bicyclic) bond motifs is 3. The van der Waals surface area contributed by atoms with Crippen molar-refractivity contribution in [3.05, 3.63) is 42.5 Å². The Bertz CT molecular complexity index is 937. The highest BCUT2D eigenvalue weighted by Crippen LogP contribution is 2.29. The van der Waals surface area contributed by atoms with Gasteiger partial charge in [0.25, 0.3) is 0 Å². The maximum absolute atomic E-state index is 5.98. The average Bonchev–Trinajstić information content (AvgIpc) is 2.82. The summed E-state index contributed by atoms with van der Waals surface area (Å²) in [5, 5.41) is 3.57. The third-order valence-electron chi connectivity index (χ3n) is 6.15. The quantitative estimate of drug-likeness (QED) is 0.166. The summed E-state index contributed by atoms with van der Waals surface area (Å²) in [6.45, 7) is 6.05. The van der Waals surface area contributed by atoms with E-state index in [1.807, 2.05) is 6.07 Å². The second-order valence-corrected chi connectivity index (χ2v) is 8.90. The molecule has 32 heavy (non-hydrogen) atoms. The molecule has 0 aliphatic heterocycles. The third-order valence-corrected chi connectivity index (χ3v) is 6.15. The van der Waals surface area contributed by atoms with E-state index in [1.54, 1.807) is 0 Å². The minimum absolute atomic E-state index is 0.728. The monoisotopic (exact) mass is 435 g/mol. The molecule has 3 rings (SSSR count). The van der Waals surface area contributed by atoms with Gasteiger partial charge in [0.1, 0.15) is 5.75 Å². The molecule has 3 nitrogen and oxygen atoms in total. The van der Waals surface area contributed by atoms with Crippen molar-refractivity contribution in [2.45, 2.75) is 90.9 Å². The van der Waals surface area contributed by atoms with Crippen LogP contribution in [0.4, 0.5) is 0 Å². The summed E-state index contributed by atoms with van der Waals surface area (Å²) in [5.41, 5.74) is 0.985. The zero-order valence-electron chi connectivity index (χ0n) is 20.2. The van der Waals surface area contributed by atoms with Gasteiger partial charge in [0.05, 0.1) is 18.7 Å². The van der Waals surface area contributed by atoms with E-state index in [1.165, 1.54) is 75.0 Å². The Morgan fingerprint density at radius 2 is 1.22 bits per heavy atom. The van der Waals surface area contributed by atoms with E-state index in [4.69, 9.17) is 14.5 Å². The van der Waals surface area contributed by atoms with Gasteiger partial charge >= 0.3 is 0 Å². The van der Waals surface area contributed by atoms with Crippen molar-refractivity contribution < 1.29 is 9.47 Å². The van der Waals surface area contributed by atoms with Crippen molar-refractivity contribution in [2.24, 2.45) is 0 Å². The fourth-order valence-corrected chi connectivity index (χ4v) is 4.21. The van der Waals surface area contributed by atoms with Gasteiger partial charge in [-0.1, -0.05) is 90.2 Å². The molecule has 0 amide bonds. The first-order valence-electron chi connectivity index (χ1n) is 12.9. The topological polar surface area (TPSA) is 31.4 Å². The van der Waals surface area contributed by atoms with Crippen LogP contribution in [-0.2, 0) is 0 Å². The van der Waals surface area contributed by atoms with Crippen LogP contribution < -0.4 is 9.47 Å². The lowest BCUT2D eigenvalue weighted by atomic mass is 10.0. The number of ether oxygens (including phenoxy) is 2. The molecule has 0 aliphatic rings. The molecular formula is C29H41NO2. The number of pyridine rings is 1. The Morgan fingerprint density at radius 3 is 1.94 bits per heavy atom. The highest BCUT2D eigenvalue weighted by molar-refractivity contribution is 6.06. The Balaban J connectivity index is 1.50. The maximum atomic E-state index is 5.98. The second-order valence-electron chi connectivity index (χ2n) is 8.90. The Labute approximate surface area is 194 Å². The molecule has 0 aliphatic carbocycles. The van der Waals surface area contributed by atoms with Crippen LogP contribution in [0.1, 0.15) is 90.9 Å². The minimum Gasteiger partial charge on any atom is -0.494 e. The number of aromatic nitrogens is 1. The smallest absolute Gasteiger partial charge is 0.213 e. The molecule has 2 aromatic carbocycles. The van der Waals surface area contributed by atoms with Gasteiger partial charge in [0.2, 0.25) is 5.88 Å². The van der Waals surface area contributed by atoms with Crippen molar-refractivity contribution >= 4 is 21.7 Å². The largest absolute Gasteiger partial charge is 0.494 e. The molecule has 0 unspecified atom stereocenters. The zero-order valence-corrected chi connectivity index (χ0v) is 20.2. The fourth-order valence-electron chi connectivity index (χ4n) is 4.21. The number of hydrogen-bond donors (Lipinski definition) is 0. The molecule has 3 heteroatoms. The second kappa shape index (κ2) is 14.0. The standard InChI is InChI=1S/C29H41NO2/c1-3-5-7-9-10-12-14-22-32-29-20-18-27-26-17-16-25(31-21-13-11-8-6-4-2)23-24(26)15-19-28(27)30-29/h15-20,23H,3-14,21-22H2,1-2H3. The van der Waals surface area contributed by atoms with Crippen molar-refractivity contribution in [1.82, 2.24) is 4.98 Å². The van der Waals surface area contributed by atoms with Crippen LogP contribution in [0.15, 0.2) is 42.5 Å². The van der Waals surface area contributed by atoms with Crippen LogP contribution in [0, 0.1) is 0 Å². The van der Waals surface area contributed by atoms with Crippen molar-refractivity contribution in [2.75, 3.05) is 13.2 Å². The average molecular weight is 436 g/mol. The number of hydrogen-bond acceptors (Lipinski definition) is 3. The first-order chi connectivity index (χ1) is 15.8. The highest BCUT2D eigenvalue weighted by Gasteiger charge is 2.06. The Kier molecular flexibility index (Phi) is 10.6. The van der Waals surface area contributed by atoms with Crippen molar-refractivity contribution in [3.63, 3.8) is 0 Å². The summed E-state index contributed by atoms with van der Waals surface area (Å²) in [6, 6.07) is 14.8. The summed E-state index contributed by atoms with van der Waals surface area (Å²) < 4.78 is 11.9. The Hall–Kier alpha value is -2.29. The molecule has 174 valence electrons. The van der Waals surface area contributed by atoms with Gasteiger partial charge in [-0.2, -0.15) is 0 Å². The van der Waals surface area contributed by atoms with Gasteiger partial charge in [-0.3, -0.25) is 0 Å². The molecule has 0 saturated heterocycles. The van der Waals surface area contributed by atoms with E-state index in [2.05, 4.69) is 50.2 Å². The van der Waals surface area contributed by atoms with Gasteiger partial charge < -0.3 is 9.47 Å². The molecule has 0 fully saturated rings. The van der Waals surface area contributed by atoms with Crippen LogP contribution in [0.3, 0.4) is 0 Å². The first-order valence-corrected chi connectivity index (χ1v) is 12.9. The molecule has 1 aromatic heterocycles. The van der Waals surface area contributed by atoms with Crippen molar-refractivity contribution in [1.29, 1.82) is 0 Å². The normalized spacial score (nSPS) is 11.3. The lowest BCUT2D eigenvalue weighted by Gasteiger charge is -2.10. The van der Waals surface area contributed by atoms with E-state index in [0.29, 0.717) is 0 Å². The molecule has 0 saturated carbocycles. The summed E-state index contributed by atoms with van der Waals surface area (Å²) in [4.78, 5) is 4.74. The number of nitrogens with zero attached hydrogens (tertiary/aromatic N) is 1. The molecular weight excluding hydrogens is 394 g/mol. The zero-order chi connectivity index (χ0) is 22.4. The lowest BCUT2D eigenvalue weighted by molar-refractivity contribution is 0.294. The van der Waals surface area contributed by atoms with Gasteiger partial charge in [-0.25, -0.2) is 4.98 Å². The molecule has 0 spiro atoms. The van der Waals surface area contributed by atoms with Gasteiger partial charge in [0, 0.05) is 11.5 Å². The number of unbranched alkanes of at least 4 members (excludes halogenated alkanes) is 10. The van der Waals surface area contributed by atoms with E-state index in [0.717, 1.165) is 48.6 Å². The van der Waals surface area contributed by atoms with Gasteiger partial charge in [-0.15, -0.1) is 0 Å². The number of rotatable bonds is 16. The van der Waals surface area contributed by atoms with E-state index >= 15 is 0 Å². The molecule has 0 atom stereocenters. The minimum atomic E-state index is 0.728. The lowest BCUT2D eigenvalue weighted by Crippen LogP contribution is -1.99. The van der Waals surface area contributed by atoms with Crippen LogP contribution in [0.5, 0.6) is 11.6 Å². The first kappa shape index (κ1) is 24.4. The van der Waals surface area contributed by atoms with Crippen molar-refractivity contribution in [3.8, 4) is 11.6 Å². The molecule has 0 N–H and O–H groups in total. The highest BCUT2D eigenvalue weighted by atomic mass is 16.5. The van der Waals surface area contributed by atoms with Crippen LogP contribution in [0.25, 0.3) is 21.7 Å². The van der Waals surface area contributed by atoms with Gasteiger partial charge in [-0.05, 0) is 47.9 Å². The van der Waals surface area contributed by atoms with E-state index in [9.17, 15) is 0 Å². The summed E-state index contributed by atoms with van der Waals surface area (Å²) in [6.07, 6.45) is 15.3.